The van der Waals surface area contributed by atoms with E-state index in [0.717, 1.165) is 19.3 Å². The molecule has 0 fully saturated rings. The number of esters is 3. The van der Waals surface area contributed by atoms with Crippen molar-refractivity contribution in [2.45, 2.75) is 124 Å². The maximum absolute atomic E-state index is 12.7. The monoisotopic (exact) mass is 456 g/mol. The predicted molar refractivity (Wildman–Crippen MR) is 127 cm³/mol. The van der Waals surface area contributed by atoms with Crippen molar-refractivity contribution in [2.75, 3.05) is 19.8 Å². The van der Waals surface area contributed by atoms with Gasteiger partial charge >= 0.3 is 17.9 Å². The maximum Gasteiger partial charge on any atom is 0.324 e. The Morgan fingerprint density at radius 2 is 0.906 bits per heavy atom. The Morgan fingerprint density at radius 1 is 0.531 bits per heavy atom. The third kappa shape index (κ3) is 13.1. The predicted octanol–water partition coefficient (Wildman–Crippen LogP) is 6.53. The molecule has 0 spiro atoms. The highest BCUT2D eigenvalue weighted by Crippen LogP contribution is 2.34. The van der Waals surface area contributed by atoms with Gasteiger partial charge in [-0.2, -0.15) is 0 Å². The van der Waals surface area contributed by atoms with Gasteiger partial charge in [0.25, 0.3) is 0 Å². The molecule has 32 heavy (non-hydrogen) atoms. The Bertz CT molecular complexity index is 485. The molecule has 0 radical (unpaired) electrons. The number of carbonyl (C=O) groups excluding carboxylic acids is 3. The molecule has 188 valence electrons. The SMILES string of the molecule is CCCCCCCCCCCCCCCC(CC(=O)OCC)(C(=O)OCC)C(=O)OCC. The molecule has 0 heterocycles. The highest BCUT2D eigenvalue weighted by molar-refractivity contribution is 6.03. The lowest BCUT2D eigenvalue weighted by molar-refractivity contribution is -0.177. The van der Waals surface area contributed by atoms with E-state index in [1.165, 1.54) is 57.8 Å². The summed E-state index contributed by atoms with van der Waals surface area (Å²) in [5.74, 6) is -1.96. The summed E-state index contributed by atoms with van der Waals surface area (Å²) in [7, 11) is 0. The van der Waals surface area contributed by atoms with Crippen LogP contribution < -0.4 is 0 Å². The van der Waals surface area contributed by atoms with Crippen molar-refractivity contribution >= 4 is 17.9 Å². The molecule has 6 nitrogen and oxygen atoms in total. The van der Waals surface area contributed by atoms with Crippen molar-refractivity contribution in [1.82, 2.24) is 0 Å². The largest absolute Gasteiger partial charge is 0.466 e. The van der Waals surface area contributed by atoms with Crippen molar-refractivity contribution in [2.24, 2.45) is 5.41 Å². The molecular weight excluding hydrogens is 408 g/mol. The van der Waals surface area contributed by atoms with Crippen LogP contribution in [0.5, 0.6) is 0 Å². The number of carbonyl (C=O) groups is 3. The Morgan fingerprint density at radius 3 is 1.28 bits per heavy atom. The van der Waals surface area contributed by atoms with Gasteiger partial charge in [-0.1, -0.05) is 90.4 Å². The Hall–Kier alpha value is -1.59. The van der Waals surface area contributed by atoms with Crippen LogP contribution in [-0.4, -0.2) is 37.7 Å². The molecule has 0 aromatic carbocycles. The van der Waals surface area contributed by atoms with Gasteiger partial charge in [0.15, 0.2) is 5.41 Å². The number of hydrogen-bond acceptors (Lipinski definition) is 6. The quantitative estimate of drug-likeness (QED) is 0.0845. The Balaban J connectivity index is 4.48. The van der Waals surface area contributed by atoms with Crippen LogP contribution in [0.4, 0.5) is 0 Å². The van der Waals surface area contributed by atoms with Gasteiger partial charge in [0.05, 0.1) is 26.2 Å². The average molecular weight is 457 g/mol. The minimum absolute atomic E-state index is 0.140. The van der Waals surface area contributed by atoms with Crippen LogP contribution in [0, 0.1) is 5.41 Å². The fourth-order valence-electron chi connectivity index (χ4n) is 3.96. The maximum atomic E-state index is 12.7. The molecule has 0 N–H and O–H groups in total. The van der Waals surface area contributed by atoms with Gasteiger partial charge in [-0.05, 0) is 27.2 Å². The molecule has 6 heteroatoms. The zero-order valence-electron chi connectivity index (χ0n) is 21.2. The van der Waals surface area contributed by atoms with Crippen molar-refractivity contribution in [3.05, 3.63) is 0 Å². The molecule has 0 unspecified atom stereocenters. The summed E-state index contributed by atoms with van der Waals surface area (Å²) in [6.07, 6.45) is 15.5. The topological polar surface area (TPSA) is 78.9 Å². The molecule has 0 amide bonds. The number of unbranched alkanes of at least 4 members (excludes halogenated alkanes) is 12. The second-order valence-electron chi connectivity index (χ2n) is 8.50. The standard InChI is InChI=1S/C26H48O6/c1-5-9-10-11-12-13-14-15-16-17-18-19-20-21-26(24(28)31-7-3,25(29)32-8-4)22-23(27)30-6-2/h5-22H2,1-4H3. The number of ether oxygens (including phenoxy) is 3. The van der Waals surface area contributed by atoms with E-state index in [0.29, 0.717) is 6.42 Å². The van der Waals surface area contributed by atoms with Crippen molar-refractivity contribution in [3.63, 3.8) is 0 Å². The fraction of sp³-hybridized carbons (Fsp3) is 0.885. The van der Waals surface area contributed by atoms with Gasteiger partial charge < -0.3 is 14.2 Å². The molecule has 0 saturated carbocycles. The second kappa shape index (κ2) is 20.0. The van der Waals surface area contributed by atoms with E-state index in [9.17, 15) is 14.4 Å². The molecule has 0 aliphatic rings. The van der Waals surface area contributed by atoms with E-state index in [-0.39, 0.29) is 32.7 Å². The summed E-state index contributed by atoms with van der Waals surface area (Å²) in [4.78, 5) is 37.7. The first-order chi connectivity index (χ1) is 15.5. The van der Waals surface area contributed by atoms with E-state index >= 15 is 0 Å². The van der Waals surface area contributed by atoms with Gasteiger partial charge in [-0.3, -0.25) is 14.4 Å². The molecule has 0 aliphatic heterocycles. The molecule has 0 atom stereocenters. The van der Waals surface area contributed by atoms with Crippen LogP contribution in [0.1, 0.15) is 124 Å². The van der Waals surface area contributed by atoms with Crippen LogP contribution in [0.25, 0.3) is 0 Å². The number of rotatable bonds is 21. The lowest BCUT2D eigenvalue weighted by Crippen LogP contribution is -2.44. The zero-order chi connectivity index (χ0) is 24.1. The highest BCUT2D eigenvalue weighted by Gasteiger charge is 2.50. The van der Waals surface area contributed by atoms with Crippen LogP contribution >= 0.6 is 0 Å². The van der Waals surface area contributed by atoms with Gasteiger partial charge in [0.2, 0.25) is 0 Å². The van der Waals surface area contributed by atoms with Crippen molar-refractivity contribution < 1.29 is 28.6 Å². The average Bonchev–Trinajstić information content (AvgIpc) is 2.76. The molecule has 0 aromatic heterocycles. The molecular formula is C26H48O6. The minimum Gasteiger partial charge on any atom is -0.466 e. The second-order valence-corrected chi connectivity index (χ2v) is 8.50. The first-order valence-electron chi connectivity index (χ1n) is 13.0. The third-order valence-electron chi connectivity index (χ3n) is 5.79. The summed E-state index contributed by atoms with van der Waals surface area (Å²) in [6, 6.07) is 0. The first-order valence-corrected chi connectivity index (χ1v) is 13.0. The fourth-order valence-corrected chi connectivity index (χ4v) is 3.96. The van der Waals surface area contributed by atoms with Crippen molar-refractivity contribution in [1.29, 1.82) is 0 Å². The lowest BCUT2D eigenvalue weighted by atomic mass is 9.79. The van der Waals surface area contributed by atoms with E-state index < -0.39 is 23.3 Å². The smallest absolute Gasteiger partial charge is 0.324 e. The van der Waals surface area contributed by atoms with Crippen LogP contribution in [-0.2, 0) is 28.6 Å². The normalized spacial score (nSPS) is 11.2. The Labute approximate surface area is 196 Å². The summed E-state index contributed by atoms with van der Waals surface area (Å²) >= 11 is 0. The Kier molecular flexibility index (Phi) is 19.1. The molecule has 0 saturated heterocycles. The molecule has 0 bridgehead atoms. The van der Waals surface area contributed by atoms with E-state index in [1.807, 2.05) is 0 Å². The van der Waals surface area contributed by atoms with Gasteiger partial charge in [0, 0.05) is 0 Å². The van der Waals surface area contributed by atoms with Gasteiger partial charge in [-0.15, -0.1) is 0 Å². The van der Waals surface area contributed by atoms with Crippen LogP contribution in [0.2, 0.25) is 0 Å². The first kappa shape index (κ1) is 30.4. The van der Waals surface area contributed by atoms with Gasteiger partial charge in [0.1, 0.15) is 0 Å². The lowest BCUT2D eigenvalue weighted by Gasteiger charge is -2.28. The van der Waals surface area contributed by atoms with Crippen LogP contribution in [0.15, 0.2) is 0 Å². The molecule has 0 aliphatic carbocycles. The summed E-state index contributed by atoms with van der Waals surface area (Å²) in [5, 5.41) is 0. The van der Waals surface area contributed by atoms with Gasteiger partial charge in [-0.25, -0.2) is 0 Å². The summed E-state index contributed by atoms with van der Waals surface area (Å²) in [6.45, 7) is 7.78. The molecule has 0 aromatic rings. The van der Waals surface area contributed by atoms with Crippen LogP contribution in [0.3, 0.4) is 0 Å². The highest BCUT2D eigenvalue weighted by atomic mass is 16.6. The third-order valence-corrected chi connectivity index (χ3v) is 5.79. The summed E-state index contributed by atoms with van der Waals surface area (Å²) in [5.41, 5.74) is -1.62. The number of hydrogen-bond donors (Lipinski definition) is 0. The molecule has 0 rings (SSSR count). The zero-order valence-corrected chi connectivity index (χ0v) is 21.2. The van der Waals surface area contributed by atoms with Crippen molar-refractivity contribution in [3.8, 4) is 0 Å². The van der Waals surface area contributed by atoms with E-state index in [4.69, 9.17) is 14.2 Å². The van der Waals surface area contributed by atoms with E-state index in [2.05, 4.69) is 6.92 Å². The minimum atomic E-state index is -1.62. The summed E-state index contributed by atoms with van der Waals surface area (Å²) < 4.78 is 15.4. The van der Waals surface area contributed by atoms with E-state index in [1.54, 1.807) is 20.8 Å².